The predicted molar refractivity (Wildman–Crippen MR) is 146 cm³/mol. The van der Waals surface area contributed by atoms with E-state index in [1.165, 1.54) is 6.07 Å². The van der Waals surface area contributed by atoms with Gasteiger partial charge in [-0.3, -0.25) is 9.52 Å². The van der Waals surface area contributed by atoms with Crippen molar-refractivity contribution in [1.29, 1.82) is 0 Å². The average molecular weight is 577 g/mol. The number of aromatic nitrogens is 2. The van der Waals surface area contributed by atoms with Crippen LogP contribution in [0.2, 0.25) is 0 Å². The van der Waals surface area contributed by atoms with E-state index in [0.717, 1.165) is 37.8 Å². The number of alkyl halides is 3. The molecule has 2 aromatic heterocycles. The number of anilines is 2. The minimum absolute atomic E-state index is 0.0448. The highest BCUT2D eigenvalue weighted by Gasteiger charge is 2.35. The van der Waals surface area contributed by atoms with Gasteiger partial charge >= 0.3 is 12.1 Å². The van der Waals surface area contributed by atoms with Crippen LogP contribution in [0, 0.1) is 0 Å². The quantitative estimate of drug-likeness (QED) is 0.351. The van der Waals surface area contributed by atoms with Crippen molar-refractivity contribution in [2.75, 3.05) is 22.7 Å². The Labute approximate surface area is 231 Å². The summed E-state index contributed by atoms with van der Waals surface area (Å²) in [6.07, 6.45) is 0.240. The lowest BCUT2D eigenvalue weighted by Crippen LogP contribution is -2.27. The standard InChI is InChI=1S/C28H31F3N4O4S/c29-28(30,31)22-16-17-23-32-27(22)21-12-5-4-11-20(21)10-3-1-2-7-18-35(19-8-6-15-26(36)37)24-13-9-14-25(33-24)40(38,39)34-23/h4-5,9,11-14,16-17H,1-3,6-8,10,15,18-19H2,(H,32,34)(H,36,37). The van der Waals surface area contributed by atoms with E-state index in [1.54, 1.807) is 36.4 Å². The number of halogens is 3. The molecule has 40 heavy (non-hydrogen) atoms. The lowest BCUT2D eigenvalue weighted by Gasteiger charge is -2.24. The Kier molecular flexibility index (Phi) is 9.28. The first kappa shape index (κ1) is 29.3. The zero-order valence-electron chi connectivity index (χ0n) is 21.8. The third kappa shape index (κ3) is 7.50. The summed E-state index contributed by atoms with van der Waals surface area (Å²) in [6, 6.07) is 13.1. The van der Waals surface area contributed by atoms with Crippen LogP contribution in [0.15, 0.2) is 59.6 Å². The predicted octanol–water partition coefficient (Wildman–Crippen LogP) is 6.14. The zero-order valence-corrected chi connectivity index (χ0v) is 22.6. The van der Waals surface area contributed by atoms with E-state index in [2.05, 4.69) is 14.7 Å². The molecular formula is C28H31F3N4O4S. The van der Waals surface area contributed by atoms with E-state index in [1.807, 2.05) is 4.90 Å². The Morgan fingerprint density at radius 3 is 2.50 bits per heavy atom. The molecule has 3 aromatic rings. The summed E-state index contributed by atoms with van der Waals surface area (Å²) in [5.41, 5.74) is -0.257. The summed E-state index contributed by atoms with van der Waals surface area (Å²) in [5.74, 6) is -0.696. The molecule has 2 N–H and O–H groups in total. The second-order valence-electron chi connectivity index (χ2n) is 9.69. The molecule has 12 heteroatoms. The van der Waals surface area contributed by atoms with Gasteiger partial charge in [0.2, 0.25) is 0 Å². The second-order valence-corrected chi connectivity index (χ2v) is 11.3. The molecule has 0 amide bonds. The number of carboxylic acid groups (broad SMARTS) is 1. The molecule has 214 valence electrons. The molecule has 3 heterocycles. The number of rotatable bonds is 5. The van der Waals surface area contributed by atoms with Crippen molar-refractivity contribution in [1.82, 2.24) is 9.97 Å². The van der Waals surface area contributed by atoms with Crippen LogP contribution in [0.3, 0.4) is 0 Å². The summed E-state index contributed by atoms with van der Waals surface area (Å²) in [4.78, 5) is 21.4. The van der Waals surface area contributed by atoms with Gasteiger partial charge in [0.1, 0.15) is 11.6 Å². The van der Waals surface area contributed by atoms with Crippen LogP contribution in [0.1, 0.15) is 56.1 Å². The van der Waals surface area contributed by atoms with E-state index in [4.69, 9.17) is 5.11 Å². The number of aliphatic carboxylic acids is 1. The van der Waals surface area contributed by atoms with Gasteiger partial charge in [0.15, 0.2) is 5.03 Å². The number of nitrogens with zero attached hydrogens (tertiary/aromatic N) is 3. The number of nitrogens with one attached hydrogen (secondary N) is 1. The summed E-state index contributed by atoms with van der Waals surface area (Å²) in [6.45, 7) is 1.11. The Morgan fingerprint density at radius 1 is 0.950 bits per heavy atom. The Bertz CT molecular complexity index is 1450. The molecule has 1 aliphatic heterocycles. The number of carbonyl (C=O) groups is 1. The molecule has 0 saturated heterocycles. The fourth-order valence-electron chi connectivity index (χ4n) is 4.73. The highest BCUT2D eigenvalue weighted by molar-refractivity contribution is 7.92. The van der Waals surface area contributed by atoms with Crippen LogP contribution in [0.25, 0.3) is 11.3 Å². The molecule has 1 aromatic carbocycles. The van der Waals surface area contributed by atoms with Crippen LogP contribution in [-0.2, 0) is 27.4 Å². The molecule has 1 aliphatic rings. The van der Waals surface area contributed by atoms with Gasteiger partial charge in [-0.15, -0.1) is 0 Å². The number of aryl methyl sites for hydroxylation is 1. The van der Waals surface area contributed by atoms with E-state index in [0.29, 0.717) is 49.3 Å². The van der Waals surface area contributed by atoms with Crippen LogP contribution in [0.4, 0.5) is 24.8 Å². The SMILES string of the molecule is O=C(O)CCCCN1CCCCCCc2ccccc2-c2nc(ccc2C(F)(F)F)NS(=O)(=O)c2cccc1n2. The van der Waals surface area contributed by atoms with E-state index in [-0.39, 0.29) is 23.0 Å². The van der Waals surface area contributed by atoms with Gasteiger partial charge in [-0.05, 0) is 61.9 Å². The lowest BCUT2D eigenvalue weighted by atomic mass is 9.96. The highest BCUT2D eigenvalue weighted by atomic mass is 32.2. The zero-order chi connectivity index (χ0) is 28.8. The number of fused-ring (bicyclic) bond motifs is 6. The molecule has 0 radical (unpaired) electrons. The molecule has 4 rings (SSSR count). The summed E-state index contributed by atoms with van der Waals surface area (Å²) in [5, 5.41) is 8.65. The molecule has 0 spiro atoms. The highest BCUT2D eigenvalue weighted by Crippen LogP contribution is 2.38. The van der Waals surface area contributed by atoms with Crippen LogP contribution >= 0.6 is 0 Å². The lowest BCUT2D eigenvalue weighted by molar-refractivity contribution is -0.138. The van der Waals surface area contributed by atoms with Crippen molar-refractivity contribution >= 4 is 27.6 Å². The number of pyridine rings is 2. The first-order valence-corrected chi connectivity index (χ1v) is 14.7. The molecule has 8 nitrogen and oxygen atoms in total. The third-order valence-electron chi connectivity index (χ3n) is 6.71. The fraction of sp³-hybridized carbons (Fsp3) is 0.393. The maximum absolute atomic E-state index is 14.0. The van der Waals surface area contributed by atoms with Gasteiger partial charge in [0, 0.05) is 25.1 Å². The van der Waals surface area contributed by atoms with E-state index < -0.39 is 27.7 Å². The largest absolute Gasteiger partial charge is 0.481 e. The van der Waals surface area contributed by atoms with Crippen molar-refractivity contribution in [2.45, 2.75) is 62.6 Å². The molecule has 0 atom stereocenters. The monoisotopic (exact) mass is 576 g/mol. The first-order chi connectivity index (χ1) is 19.0. The number of sulfonamides is 1. The molecule has 0 saturated carbocycles. The third-order valence-corrected chi connectivity index (χ3v) is 7.97. The Hall–Kier alpha value is -3.67. The van der Waals surface area contributed by atoms with Crippen molar-refractivity contribution in [3.05, 3.63) is 65.7 Å². The summed E-state index contributed by atoms with van der Waals surface area (Å²) < 4.78 is 70.7. The minimum atomic E-state index is -4.69. The molecular weight excluding hydrogens is 545 g/mol. The Balaban J connectivity index is 1.73. The van der Waals surface area contributed by atoms with Gasteiger partial charge in [0.25, 0.3) is 10.0 Å². The number of unbranched alkanes of at least 4 members (excludes halogenated alkanes) is 1. The smallest absolute Gasteiger partial charge is 0.418 e. The summed E-state index contributed by atoms with van der Waals surface area (Å²) >= 11 is 0. The van der Waals surface area contributed by atoms with Gasteiger partial charge < -0.3 is 10.0 Å². The minimum Gasteiger partial charge on any atom is -0.481 e. The first-order valence-electron chi connectivity index (χ1n) is 13.2. The average Bonchev–Trinajstić information content (AvgIpc) is 2.90. The van der Waals surface area contributed by atoms with Crippen LogP contribution in [-0.4, -0.2) is 42.6 Å². The summed E-state index contributed by atoms with van der Waals surface area (Å²) in [7, 11) is -4.29. The molecule has 0 fully saturated rings. The van der Waals surface area contributed by atoms with Crippen molar-refractivity contribution in [3.63, 3.8) is 0 Å². The number of hydrogen-bond donors (Lipinski definition) is 2. The fourth-order valence-corrected chi connectivity index (χ4v) is 5.70. The maximum Gasteiger partial charge on any atom is 0.418 e. The Morgan fingerprint density at radius 2 is 1.73 bits per heavy atom. The van der Waals surface area contributed by atoms with Crippen molar-refractivity contribution in [3.8, 4) is 11.3 Å². The van der Waals surface area contributed by atoms with Gasteiger partial charge in [-0.1, -0.05) is 43.2 Å². The molecule has 0 unspecified atom stereocenters. The number of hydrogen-bond acceptors (Lipinski definition) is 6. The van der Waals surface area contributed by atoms with Crippen LogP contribution < -0.4 is 9.62 Å². The number of benzene rings is 1. The van der Waals surface area contributed by atoms with Gasteiger partial charge in [-0.2, -0.15) is 21.6 Å². The van der Waals surface area contributed by atoms with Gasteiger partial charge in [-0.25, -0.2) is 9.97 Å². The molecule has 4 bridgehead atoms. The van der Waals surface area contributed by atoms with E-state index >= 15 is 0 Å². The second kappa shape index (κ2) is 12.7. The normalized spacial score (nSPS) is 15.9. The maximum atomic E-state index is 14.0. The van der Waals surface area contributed by atoms with Crippen molar-refractivity contribution in [2.24, 2.45) is 0 Å². The number of carboxylic acids is 1. The van der Waals surface area contributed by atoms with Crippen LogP contribution in [0.5, 0.6) is 0 Å². The van der Waals surface area contributed by atoms with Gasteiger partial charge in [0.05, 0.1) is 11.3 Å². The van der Waals surface area contributed by atoms with Crippen molar-refractivity contribution < 1.29 is 31.5 Å². The molecule has 0 aliphatic carbocycles. The van der Waals surface area contributed by atoms with E-state index in [9.17, 15) is 26.4 Å². The topological polar surface area (TPSA) is 112 Å².